The molecule has 1 aliphatic heterocycles. The van der Waals surface area contributed by atoms with Gasteiger partial charge in [0.15, 0.2) is 11.9 Å². The highest BCUT2D eigenvalue weighted by Crippen LogP contribution is 2.21. The Morgan fingerprint density at radius 2 is 1.74 bits per heavy atom. The van der Waals surface area contributed by atoms with E-state index in [1.54, 1.807) is 19.1 Å². The van der Waals surface area contributed by atoms with E-state index < -0.39 is 6.10 Å². The highest BCUT2D eigenvalue weighted by Gasteiger charge is 2.16. The SMILES string of the molecule is CC(Oc1ccc(F)cc1)C(=O)Nc1ccc(-c2ccc(N3CCOCC3)nn2)cc1. The number of nitrogens with one attached hydrogen (secondary N) is 1. The number of anilines is 2. The van der Waals surface area contributed by atoms with Crippen LogP contribution in [-0.4, -0.2) is 48.5 Å². The third-order valence-corrected chi connectivity index (χ3v) is 4.93. The van der Waals surface area contributed by atoms with Gasteiger partial charge in [0.25, 0.3) is 5.91 Å². The van der Waals surface area contributed by atoms with Crippen molar-refractivity contribution in [2.75, 3.05) is 36.5 Å². The number of morpholine rings is 1. The molecule has 0 spiro atoms. The van der Waals surface area contributed by atoms with Gasteiger partial charge in [0.1, 0.15) is 11.6 Å². The van der Waals surface area contributed by atoms with Crippen LogP contribution < -0.4 is 15.0 Å². The molecule has 0 radical (unpaired) electrons. The monoisotopic (exact) mass is 422 g/mol. The van der Waals surface area contributed by atoms with Gasteiger partial charge in [0, 0.05) is 24.3 Å². The summed E-state index contributed by atoms with van der Waals surface area (Å²) < 4.78 is 23.9. The van der Waals surface area contributed by atoms with Gasteiger partial charge in [-0.2, -0.15) is 0 Å². The second-order valence-electron chi connectivity index (χ2n) is 7.16. The molecule has 3 aromatic rings. The number of hydrogen-bond acceptors (Lipinski definition) is 6. The maximum absolute atomic E-state index is 13.0. The van der Waals surface area contributed by atoms with Crippen molar-refractivity contribution in [3.8, 4) is 17.0 Å². The third kappa shape index (κ3) is 5.35. The Bertz CT molecular complexity index is 1000. The van der Waals surface area contributed by atoms with Crippen LogP contribution in [0.3, 0.4) is 0 Å². The molecular weight excluding hydrogens is 399 g/mol. The van der Waals surface area contributed by atoms with Crippen molar-refractivity contribution in [2.45, 2.75) is 13.0 Å². The van der Waals surface area contributed by atoms with E-state index in [0.29, 0.717) is 24.7 Å². The fourth-order valence-electron chi connectivity index (χ4n) is 3.18. The summed E-state index contributed by atoms with van der Waals surface area (Å²) in [7, 11) is 0. The number of carbonyl (C=O) groups excluding carboxylic acids is 1. The Morgan fingerprint density at radius 1 is 1.03 bits per heavy atom. The minimum atomic E-state index is -0.733. The maximum Gasteiger partial charge on any atom is 0.265 e. The van der Waals surface area contributed by atoms with Crippen LogP contribution in [0.5, 0.6) is 5.75 Å². The molecule has 7 nitrogen and oxygen atoms in total. The number of ether oxygens (including phenoxy) is 2. The molecule has 1 saturated heterocycles. The van der Waals surface area contributed by atoms with Crippen molar-refractivity contribution in [3.05, 3.63) is 66.5 Å². The highest BCUT2D eigenvalue weighted by molar-refractivity contribution is 5.94. The molecule has 1 aliphatic rings. The standard InChI is InChI=1S/C23H23FN4O3/c1-16(31-20-8-4-18(24)5-9-20)23(29)25-19-6-2-17(3-7-19)21-10-11-22(27-26-21)28-12-14-30-15-13-28/h2-11,16H,12-15H2,1H3,(H,25,29). The number of nitrogens with zero attached hydrogens (tertiary/aromatic N) is 3. The Labute approximate surface area is 179 Å². The lowest BCUT2D eigenvalue weighted by Crippen LogP contribution is -2.36. The van der Waals surface area contributed by atoms with Crippen molar-refractivity contribution >= 4 is 17.4 Å². The van der Waals surface area contributed by atoms with Crippen molar-refractivity contribution < 1.29 is 18.7 Å². The average Bonchev–Trinajstić information content (AvgIpc) is 2.82. The minimum Gasteiger partial charge on any atom is -0.481 e. The quantitative estimate of drug-likeness (QED) is 0.655. The number of hydrogen-bond donors (Lipinski definition) is 1. The number of aromatic nitrogens is 2. The summed E-state index contributed by atoms with van der Waals surface area (Å²) in [5, 5.41) is 11.5. The highest BCUT2D eigenvalue weighted by atomic mass is 19.1. The lowest BCUT2D eigenvalue weighted by atomic mass is 10.1. The van der Waals surface area contributed by atoms with Gasteiger partial charge in [0.05, 0.1) is 18.9 Å². The third-order valence-electron chi connectivity index (χ3n) is 4.93. The number of rotatable bonds is 6. The summed E-state index contributed by atoms with van der Waals surface area (Å²) in [6, 6.07) is 16.8. The molecule has 1 amide bonds. The first kappa shape index (κ1) is 20.7. The molecule has 1 atom stereocenters. The number of benzene rings is 2. The average molecular weight is 422 g/mol. The summed E-state index contributed by atoms with van der Waals surface area (Å²) >= 11 is 0. The molecule has 1 N–H and O–H groups in total. The Hall–Kier alpha value is -3.52. The van der Waals surface area contributed by atoms with Crippen LogP contribution >= 0.6 is 0 Å². The van der Waals surface area contributed by atoms with Crippen molar-refractivity contribution in [1.29, 1.82) is 0 Å². The topological polar surface area (TPSA) is 76.6 Å². The van der Waals surface area contributed by atoms with Gasteiger partial charge >= 0.3 is 0 Å². The smallest absolute Gasteiger partial charge is 0.265 e. The first-order valence-electron chi connectivity index (χ1n) is 10.1. The zero-order valence-corrected chi connectivity index (χ0v) is 17.1. The fraction of sp³-hybridized carbons (Fsp3) is 0.261. The van der Waals surface area contributed by atoms with E-state index in [1.165, 1.54) is 24.3 Å². The molecular formula is C23H23FN4O3. The first-order valence-corrected chi connectivity index (χ1v) is 10.1. The van der Waals surface area contributed by atoms with Crippen molar-refractivity contribution in [3.63, 3.8) is 0 Å². The van der Waals surface area contributed by atoms with E-state index in [-0.39, 0.29) is 11.7 Å². The van der Waals surface area contributed by atoms with Gasteiger partial charge in [-0.05, 0) is 55.5 Å². The summed E-state index contributed by atoms with van der Waals surface area (Å²) in [6.45, 7) is 4.66. The van der Waals surface area contributed by atoms with E-state index in [4.69, 9.17) is 9.47 Å². The molecule has 0 bridgehead atoms. The van der Waals surface area contributed by atoms with Gasteiger partial charge in [-0.25, -0.2) is 4.39 Å². The van der Waals surface area contributed by atoms with E-state index >= 15 is 0 Å². The Morgan fingerprint density at radius 3 is 2.39 bits per heavy atom. The largest absolute Gasteiger partial charge is 0.481 e. The molecule has 0 saturated carbocycles. The van der Waals surface area contributed by atoms with E-state index in [0.717, 1.165) is 30.2 Å². The molecule has 4 rings (SSSR count). The van der Waals surface area contributed by atoms with Gasteiger partial charge in [-0.1, -0.05) is 12.1 Å². The van der Waals surface area contributed by atoms with Crippen LogP contribution in [0.1, 0.15) is 6.92 Å². The van der Waals surface area contributed by atoms with Gasteiger partial charge < -0.3 is 19.7 Å². The molecule has 8 heteroatoms. The lowest BCUT2D eigenvalue weighted by molar-refractivity contribution is -0.122. The lowest BCUT2D eigenvalue weighted by Gasteiger charge is -2.27. The molecule has 2 aromatic carbocycles. The fourth-order valence-corrected chi connectivity index (χ4v) is 3.18. The van der Waals surface area contributed by atoms with Crippen LogP contribution in [0.4, 0.5) is 15.9 Å². The van der Waals surface area contributed by atoms with E-state index in [2.05, 4.69) is 20.4 Å². The summed E-state index contributed by atoms with van der Waals surface area (Å²) in [6.07, 6.45) is -0.733. The zero-order chi connectivity index (χ0) is 21.6. The Balaban J connectivity index is 1.35. The zero-order valence-electron chi connectivity index (χ0n) is 17.1. The number of carbonyl (C=O) groups is 1. The van der Waals surface area contributed by atoms with Crippen LogP contribution in [0.25, 0.3) is 11.3 Å². The first-order chi connectivity index (χ1) is 15.1. The molecule has 1 fully saturated rings. The molecule has 31 heavy (non-hydrogen) atoms. The van der Waals surface area contributed by atoms with E-state index in [1.807, 2.05) is 24.3 Å². The normalized spacial score (nSPS) is 14.7. The van der Waals surface area contributed by atoms with Crippen LogP contribution in [0, 0.1) is 5.82 Å². The van der Waals surface area contributed by atoms with E-state index in [9.17, 15) is 9.18 Å². The number of amides is 1. The maximum atomic E-state index is 13.0. The van der Waals surface area contributed by atoms with Crippen molar-refractivity contribution in [2.24, 2.45) is 0 Å². The predicted molar refractivity (Wildman–Crippen MR) is 116 cm³/mol. The number of halogens is 1. The second kappa shape index (κ2) is 9.53. The van der Waals surface area contributed by atoms with Crippen LogP contribution in [0.15, 0.2) is 60.7 Å². The molecule has 1 aromatic heterocycles. The summed E-state index contributed by atoms with van der Waals surface area (Å²) in [5.41, 5.74) is 2.29. The predicted octanol–water partition coefficient (Wildman–Crippen LogP) is 3.53. The molecule has 2 heterocycles. The minimum absolute atomic E-state index is 0.299. The van der Waals surface area contributed by atoms with Gasteiger partial charge in [0.2, 0.25) is 0 Å². The second-order valence-corrected chi connectivity index (χ2v) is 7.16. The summed E-state index contributed by atoms with van der Waals surface area (Å²) in [5.74, 6) is 0.612. The van der Waals surface area contributed by atoms with Crippen molar-refractivity contribution in [1.82, 2.24) is 10.2 Å². The summed E-state index contributed by atoms with van der Waals surface area (Å²) in [4.78, 5) is 14.5. The Kier molecular flexibility index (Phi) is 6.37. The molecule has 0 aliphatic carbocycles. The van der Waals surface area contributed by atoms with Crippen LogP contribution in [0.2, 0.25) is 0 Å². The van der Waals surface area contributed by atoms with Gasteiger partial charge in [-0.15, -0.1) is 10.2 Å². The molecule has 1 unspecified atom stereocenters. The van der Waals surface area contributed by atoms with Crippen LogP contribution in [-0.2, 0) is 9.53 Å². The molecule has 160 valence electrons. The van der Waals surface area contributed by atoms with Gasteiger partial charge in [-0.3, -0.25) is 4.79 Å².